The summed E-state index contributed by atoms with van der Waals surface area (Å²) < 4.78 is 0. The van der Waals surface area contributed by atoms with Crippen LogP contribution in [0.2, 0.25) is 0 Å². The van der Waals surface area contributed by atoms with Gasteiger partial charge in [-0.1, -0.05) is 121 Å². The topological polar surface area (TPSA) is 58.2 Å². The predicted molar refractivity (Wildman–Crippen MR) is 130 cm³/mol. The average Bonchev–Trinajstić information content (AvgIpc) is 2.88. The van der Waals surface area contributed by atoms with Crippen LogP contribution in [0.3, 0.4) is 0 Å². The van der Waals surface area contributed by atoms with Gasteiger partial charge in [0.05, 0.1) is 6.42 Å². The molecule has 4 aromatic carbocycles. The summed E-state index contributed by atoms with van der Waals surface area (Å²) in [5, 5.41) is 6.15. The minimum Gasteiger partial charge on any atom is -0.349 e. The number of hydrogen-bond acceptors (Lipinski definition) is 2. The number of carbonyl (C=O) groups is 2. The van der Waals surface area contributed by atoms with E-state index < -0.39 is 5.54 Å². The van der Waals surface area contributed by atoms with Crippen molar-refractivity contribution in [3.8, 4) is 0 Å². The summed E-state index contributed by atoms with van der Waals surface area (Å²) in [5.74, 6) is -0.520. The fraction of sp³-hybridized carbons (Fsp3) is 0.103. The third-order valence-corrected chi connectivity index (χ3v) is 5.58. The Hall–Kier alpha value is -4.18. The standard InChI is InChI=1S/C29H26N2O2/c32-27(21-23-13-5-1-6-14-23)31-29(25-17-9-3-10-18-25,26-19-11-4-12-20-26)28(33)30-22-24-15-7-2-8-16-24/h1-20H,21-22H2,(H,30,33)(H,31,32). The van der Waals surface area contributed by atoms with Gasteiger partial charge < -0.3 is 10.6 Å². The normalized spacial score (nSPS) is 10.9. The summed E-state index contributed by atoms with van der Waals surface area (Å²) in [5.41, 5.74) is 1.89. The van der Waals surface area contributed by atoms with E-state index in [0.717, 1.165) is 11.1 Å². The van der Waals surface area contributed by atoms with Crippen molar-refractivity contribution in [2.24, 2.45) is 0 Å². The molecule has 0 aromatic heterocycles. The summed E-state index contributed by atoms with van der Waals surface area (Å²) in [4.78, 5) is 27.2. The molecule has 0 spiro atoms. The second-order valence-corrected chi connectivity index (χ2v) is 7.86. The average molecular weight is 435 g/mol. The highest BCUT2D eigenvalue weighted by molar-refractivity contribution is 5.96. The van der Waals surface area contributed by atoms with Crippen LogP contribution in [0.4, 0.5) is 0 Å². The van der Waals surface area contributed by atoms with E-state index >= 15 is 0 Å². The molecule has 0 saturated carbocycles. The third-order valence-electron chi connectivity index (χ3n) is 5.58. The van der Waals surface area contributed by atoms with E-state index in [-0.39, 0.29) is 18.2 Å². The summed E-state index contributed by atoms with van der Waals surface area (Å²) >= 11 is 0. The van der Waals surface area contributed by atoms with Gasteiger partial charge in [-0.15, -0.1) is 0 Å². The highest BCUT2D eigenvalue weighted by atomic mass is 16.2. The van der Waals surface area contributed by atoms with E-state index in [1.54, 1.807) is 0 Å². The van der Waals surface area contributed by atoms with E-state index in [1.807, 2.05) is 121 Å². The largest absolute Gasteiger partial charge is 0.349 e. The monoisotopic (exact) mass is 434 g/mol. The van der Waals surface area contributed by atoms with Crippen LogP contribution >= 0.6 is 0 Å². The summed E-state index contributed by atoms with van der Waals surface area (Å²) in [6, 6.07) is 38.0. The Morgan fingerprint density at radius 3 is 1.48 bits per heavy atom. The van der Waals surface area contributed by atoms with Gasteiger partial charge in [-0.3, -0.25) is 9.59 Å². The Bertz CT molecular complexity index is 1140. The smallest absolute Gasteiger partial charge is 0.255 e. The lowest BCUT2D eigenvalue weighted by Crippen LogP contribution is -2.57. The molecule has 0 atom stereocenters. The molecule has 0 aliphatic carbocycles. The van der Waals surface area contributed by atoms with E-state index in [0.29, 0.717) is 17.7 Å². The van der Waals surface area contributed by atoms with Crippen LogP contribution in [-0.2, 0) is 28.1 Å². The molecule has 0 aliphatic rings. The Morgan fingerprint density at radius 1 is 0.576 bits per heavy atom. The lowest BCUT2D eigenvalue weighted by molar-refractivity contribution is -0.132. The number of benzene rings is 4. The van der Waals surface area contributed by atoms with Crippen molar-refractivity contribution in [1.82, 2.24) is 10.6 Å². The SMILES string of the molecule is O=C(Cc1ccccc1)NC(C(=O)NCc1ccccc1)(c1ccccc1)c1ccccc1. The van der Waals surface area contributed by atoms with Crippen molar-refractivity contribution < 1.29 is 9.59 Å². The maximum atomic E-state index is 13.9. The summed E-state index contributed by atoms with van der Waals surface area (Å²) in [7, 11) is 0. The summed E-state index contributed by atoms with van der Waals surface area (Å²) in [6.45, 7) is 0.357. The molecule has 33 heavy (non-hydrogen) atoms. The van der Waals surface area contributed by atoms with Gasteiger partial charge in [0, 0.05) is 6.54 Å². The molecule has 0 saturated heterocycles. The highest BCUT2D eigenvalue weighted by Crippen LogP contribution is 2.30. The Labute approximate surface area is 194 Å². The van der Waals surface area contributed by atoms with Gasteiger partial charge in [0.2, 0.25) is 5.91 Å². The molecule has 0 heterocycles. The van der Waals surface area contributed by atoms with Crippen LogP contribution in [-0.4, -0.2) is 11.8 Å². The Kier molecular flexibility index (Phi) is 6.96. The molecule has 4 nitrogen and oxygen atoms in total. The van der Waals surface area contributed by atoms with E-state index in [1.165, 1.54) is 0 Å². The first kappa shape index (κ1) is 22.0. The van der Waals surface area contributed by atoms with Gasteiger partial charge in [-0.25, -0.2) is 0 Å². The van der Waals surface area contributed by atoms with Crippen molar-refractivity contribution >= 4 is 11.8 Å². The van der Waals surface area contributed by atoms with Gasteiger partial charge in [-0.2, -0.15) is 0 Å². The molecular weight excluding hydrogens is 408 g/mol. The van der Waals surface area contributed by atoms with Crippen molar-refractivity contribution in [3.05, 3.63) is 144 Å². The lowest BCUT2D eigenvalue weighted by Gasteiger charge is -2.34. The zero-order valence-electron chi connectivity index (χ0n) is 18.3. The fourth-order valence-electron chi connectivity index (χ4n) is 3.95. The molecule has 0 radical (unpaired) electrons. The molecular formula is C29H26N2O2. The zero-order valence-corrected chi connectivity index (χ0v) is 18.3. The van der Waals surface area contributed by atoms with E-state index in [4.69, 9.17) is 0 Å². The third kappa shape index (κ3) is 5.18. The minimum absolute atomic E-state index is 0.175. The maximum absolute atomic E-state index is 13.9. The van der Waals surface area contributed by atoms with Crippen molar-refractivity contribution in [2.45, 2.75) is 18.5 Å². The first-order valence-corrected chi connectivity index (χ1v) is 11.0. The molecule has 0 unspecified atom stereocenters. The minimum atomic E-state index is -1.37. The van der Waals surface area contributed by atoms with E-state index in [2.05, 4.69) is 10.6 Å². The molecule has 0 fully saturated rings. The van der Waals surface area contributed by atoms with Gasteiger partial charge in [0.1, 0.15) is 0 Å². The van der Waals surface area contributed by atoms with Crippen LogP contribution in [0, 0.1) is 0 Å². The molecule has 0 bridgehead atoms. The maximum Gasteiger partial charge on any atom is 0.255 e. The first-order valence-electron chi connectivity index (χ1n) is 11.0. The second kappa shape index (κ2) is 10.4. The van der Waals surface area contributed by atoms with Crippen molar-refractivity contribution in [1.29, 1.82) is 0 Å². The number of carbonyl (C=O) groups excluding carboxylic acids is 2. The molecule has 0 aliphatic heterocycles. The van der Waals surface area contributed by atoms with Crippen molar-refractivity contribution in [2.75, 3.05) is 0 Å². The Balaban J connectivity index is 1.73. The molecule has 164 valence electrons. The first-order chi connectivity index (χ1) is 16.2. The van der Waals surface area contributed by atoms with Crippen molar-refractivity contribution in [3.63, 3.8) is 0 Å². The number of amides is 2. The van der Waals surface area contributed by atoms with Gasteiger partial charge in [0.15, 0.2) is 5.54 Å². The van der Waals surface area contributed by atoms with Crippen LogP contribution < -0.4 is 10.6 Å². The molecule has 2 N–H and O–H groups in total. The number of nitrogens with one attached hydrogen (secondary N) is 2. The summed E-state index contributed by atoms with van der Waals surface area (Å²) in [6.07, 6.45) is 0.175. The number of hydrogen-bond donors (Lipinski definition) is 2. The zero-order chi connectivity index (χ0) is 22.9. The van der Waals surface area contributed by atoms with Crippen LogP contribution in [0.25, 0.3) is 0 Å². The Morgan fingerprint density at radius 2 is 1.00 bits per heavy atom. The highest BCUT2D eigenvalue weighted by Gasteiger charge is 2.43. The van der Waals surface area contributed by atoms with E-state index in [9.17, 15) is 9.59 Å². The number of rotatable bonds is 8. The molecule has 4 rings (SSSR count). The van der Waals surface area contributed by atoms with Gasteiger partial charge in [-0.05, 0) is 22.3 Å². The molecule has 4 heteroatoms. The van der Waals surface area contributed by atoms with Crippen LogP contribution in [0.5, 0.6) is 0 Å². The lowest BCUT2D eigenvalue weighted by atomic mass is 9.81. The molecule has 2 amide bonds. The quantitative estimate of drug-likeness (QED) is 0.426. The predicted octanol–water partition coefficient (Wildman–Crippen LogP) is 4.61. The fourth-order valence-corrected chi connectivity index (χ4v) is 3.95. The second-order valence-electron chi connectivity index (χ2n) is 7.86. The van der Waals surface area contributed by atoms with Gasteiger partial charge in [0.25, 0.3) is 5.91 Å². The molecule has 4 aromatic rings. The van der Waals surface area contributed by atoms with Crippen LogP contribution in [0.15, 0.2) is 121 Å². The van der Waals surface area contributed by atoms with Crippen LogP contribution in [0.1, 0.15) is 22.3 Å². The van der Waals surface area contributed by atoms with Gasteiger partial charge >= 0.3 is 0 Å².